The highest BCUT2D eigenvalue weighted by Gasteiger charge is 2.10. The van der Waals surface area contributed by atoms with Crippen LogP contribution in [-0.2, 0) is 9.47 Å². The number of hydrogen-bond donors (Lipinski definition) is 0. The van der Waals surface area contributed by atoms with E-state index in [9.17, 15) is 0 Å². The van der Waals surface area contributed by atoms with Gasteiger partial charge < -0.3 is 9.47 Å². The van der Waals surface area contributed by atoms with Gasteiger partial charge in [-0.15, -0.1) is 6.42 Å². The van der Waals surface area contributed by atoms with Crippen LogP contribution in [0, 0.1) is 12.3 Å². The topological polar surface area (TPSA) is 18.5 Å². The van der Waals surface area contributed by atoms with Crippen LogP contribution in [0.3, 0.4) is 0 Å². The molecule has 2 nitrogen and oxygen atoms in total. The van der Waals surface area contributed by atoms with Crippen molar-refractivity contribution in [1.29, 1.82) is 0 Å². The molecule has 1 heterocycles. The van der Waals surface area contributed by atoms with Crippen LogP contribution >= 0.6 is 0 Å². The minimum atomic E-state index is -0.375. The fraction of sp³-hybridized carbons (Fsp3) is 0.600. The van der Waals surface area contributed by atoms with E-state index in [0.717, 1.165) is 0 Å². The Kier molecular flexibility index (Phi) is 1.30. The van der Waals surface area contributed by atoms with Gasteiger partial charge in [0.25, 0.3) is 0 Å². The lowest BCUT2D eigenvalue weighted by molar-refractivity contribution is 0.00658. The summed E-state index contributed by atoms with van der Waals surface area (Å²) < 4.78 is 9.69. The fourth-order valence-electron chi connectivity index (χ4n) is 0.455. The van der Waals surface area contributed by atoms with Gasteiger partial charge in [-0.25, -0.2) is 0 Å². The van der Waals surface area contributed by atoms with Gasteiger partial charge in [0.2, 0.25) is 6.29 Å². The van der Waals surface area contributed by atoms with Gasteiger partial charge in [0.1, 0.15) is 0 Å². The maximum absolute atomic E-state index is 4.93. The molecule has 2 heteroatoms. The molecule has 38 valence electrons. The first kappa shape index (κ1) is 4.63. The molecular formula is C5H6O2. The number of rotatable bonds is 0. The molecule has 0 radical (unpaired) electrons. The van der Waals surface area contributed by atoms with Crippen molar-refractivity contribution in [1.82, 2.24) is 0 Å². The van der Waals surface area contributed by atoms with Crippen LogP contribution in [0.2, 0.25) is 0 Å². The van der Waals surface area contributed by atoms with Crippen LogP contribution in [0.15, 0.2) is 0 Å². The van der Waals surface area contributed by atoms with E-state index in [0.29, 0.717) is 13.2 Å². The van der Waals surface area contributed by atoms with Crippen LogP contribution in [-0.4, -0.2) is 19.5 Å². The molecule has 0 aromatic carbocycles. The highest BCUT2D eigenvalue weighted by atomic mass is 16.7. The van der Waals surface area contributed by atoms with Crippen molar-refractivity contribution in [3.05, 3.63) is 0 Å². The van der Waals surface area contributed by atoms with Gasteiger partial charge in [0.05, 0.1) is 13.2 Å². The van der Waals surface area contributed by atoms with Crippen LogP contribution in [0.4, 0.5) is 0 Å². The lowest BCUT2D eigenvalue weighted by Crippen LogP contribution is -2.01. The predicted octanol–water partition coefficient (Wildman–Crippen LogP) is -0.00750. The summed E-state index contributed by atoms with van der Waals surface area (Å²) in [5.74, 6) is 2.32. The van der Waals surface area contributed by atoms with E-state index in [1.165, 1.54) is 0 Å². The summed E-state index contributed by atoms with van der Waals surface area (Å²) in [7, 11) is 0. The molecule has 1 saturated heterocycles. The first-order valence-electron chi connectivity index (χ1n) is 2.13. The van der Waals surface area contributed by atoms with Crippen molar-refractivity contribution in [2.75, 3.05) is 13.2 Å². The van der Waals surface area contributed by atoms with Crippen molar-refractivity contribution in [3.63, 3.8) is 0 Å². The maximum atomic E-state index is 4.93. The summed E-state index contributed by atoms with van der Waals surface area (Å²) in [6, 6.07) is 0. The molecule has 0 bridgehead atoms. The van der Waals surface area contributed by atoms with Gasteiger partial charge in [0, 0.05) is 0 Å². The van der Waals surface area contributed by atoms with Crippen LogP contribution in [0.5, 0.6) is 0 Å². The SMILES string of the molecule is C#CC1OCCO1. The molecule has 0 aromatic rings. The predicted molar refractivity (Wildman–Crippen MR) is 24.5 cm³/mol. The van der Waals surface area contributed by atoms with Crippen LogP contribution < -0.4 is 0 Å². The number of ether oxygens (including phenoxy) is 2. The molecule has 0 spiro atoms. The zero-order chi connectivity index (χ0) is 5.11. The van der Waals surface area contributed by atoms with E-state index in [-0.39, 0.29) is 6.29 Å². The third-order valence-electron chi connectivity index (χ3n) is 0.758. The zero-order valence-electron chi connectivity index (χ0n) is 3.89. The molecule has 0 N–H and O–H groups in total. The van der Waals surface area contributed by atoms with Gasteiger partial charge in [0.15, 0.2) is 0 Å². The lowest BCUT2D eigenvalue weighted by Gasteiger charge is -1.94. The van der Waals surface area contributed by atoms with Gasteiger partial charge >= 0.3 is 0 Å². The van der Waals surface area contributed by atoms with E-state index in [1.54, 1.807) is 0 Å². The minimum Gasteiger partial charge on any atom is -0.340 e. The third-order valence-corrected chi connectivity index (χ3v) is 0.758. The Morgan fingerprint density at radius 1 is 1.43 bits per heavy atom. The quantitative estimate of drug-likeness (QED) is 0.397. The van der Waals surface area contributed by atoms with Gasteiger partial charge in [-0.1, -0.05) is 0 Å². The molecule has 0 aliphatic carbocycles. The largest absolute Gasteiger partial charge is 0.340 e. The summed E-state index contributed by atoms with van der Waals surface area (Å²) >= 11 is 0. The molecule has 1 aliphatic heterocycles. The molecule has 1 fully saturated rings. The fourth-order valence-corrected chi connectivity index (χ4v) is 0.455. The lowest BCUT2D eigenvalue weighted by atomic mass is 10.7. The average molecular weight is 98.1 g/mol. The Bertz CT molecular complexity index is 86.7. The van der Waals surface area contributed by atoms with E-state index >= 15 is 0 Å². The van der Waals surface area contributed by atoms with Gasteiger partial charge in [-0.2, -0.15) is 0 Å². The number of terminal acetylenes is 1. The monoisotopic (exact) mass is 98.0 g/mol. The van der Waals surface area contributed by atoms with Crippen molar-refractivity contribution in [2.45, 2.75) is 6.29 Å². The highest BCUT2D eigenvalue weighted by Crippen LogP contribution is 1.99. The zero-order valence-corrected chi connectivity index (χ0v) is 3.89. The minimum absolute atomic E-state index is 0.375. The van der Waals surface area contributed by atoms with E-state index in [4.69, 9.17) is 15.9 Å². The summed E-state index contributed by atoms with van der Waals surface area (Å²) in [4.78, 5) is 0. The Labute approximate surface area is 42.4 Å². The molecule has 7 heavy (non-hydrogen) atoms. The Morgan fingerprint density at radius 3 is 2.29 bits per heavy atom. The summed E-state index contributed by atoms with van der Waals surface area (Å²) in [5.41, 5.74) is 0. The van der Waals surface area contributed by atoms with Crippen molar-refractivity contribution >= 4 is 0 Å². The van der Waals surface area contributed by atoms with Gasteiger partial charge in [-0.3, -0.25) is 0 Å². The smallest absolute Gasteiger partial charge is 0.222 e. The Hall–Kier alpha value is -0.520. The average Bonchev–Trinajstić information content (AvgIpc) is 2.14. The van der Waals surface area contributed by atoms with E-state index in [1.807, 2.05) is 0 Å². The molecule has 1 aliphatic rings. The Balaban J connectivity index is 2.31. The van der Waals surface area contributed by atoms with Crippen molar-refractivity contribution in [3.8, 4) is 12.3 Å². The highest BCUT2D eigenvalue weighted by molar-refractivity contribution is 4.90. The second-order valence-electron chi connectivity index (χ2n) is 1.24. The number of hydrogen-bond acceptors (Lipinski definition) is 2. The normalized spacial score (nSPS) is 22.1. The summed E-state index contributed by atoms with van der Waals surface area (Å²) in [6.07, 6.45) is 4.56. The van der Waals surface area contributed by atoms with E-state index in [2.05, 4.69) is 5.92 Å². The third kappa shape index (κ3) is 0.923. The maximum Gasteiger partial charge on any atom is 0.222 e. The standard InChI is InChI=1S/C5H6O2/c1-2-5-6-3-4-7-5/h1,5H,3-4H2. The van der Waals surface area contributed by atoms with Crippen LogP contribution in [0.1, 0.15) is 0 Å². The Morgan fingerprint density at radius 2 is 2.00 bits per heavy atom. The summed E-state index contributed by atoms with van der Waals surface area (Å²) in [6.45, 7) is 1.27. The molecular weight excluding hydrogens is 92.1 g/mol. The molecule has 0 unspecified atom stereocenters. The molecule has 0 aromatic heterocycles. The first-order valence-corrected chi connectivity index (χ1v) is 2.13. The van der Waals surface area contributed by atoms with Gasteiger partial charge in [-0.05, 0) is 5.92 Å². The van der Waals surface area contributed by atoms with E-state index < -0.39 is 0 Å². The van der Waals surface area contributed by atoms with Crippen molar-refractivity contribution < 1.29 is 9.47 Å². The summed E-state index contributed by atoms with van der Waals surface area (Å²) in [5, 5.41) is 0. The van der Waals surface area contributed by atoms with Crippen molar-refractivity contribution in [2.24, 2.45) is 0 Å². The van der Waals surface area contributed by atoms with Crippen LogP contribution in [0.25, 0.3) is 0 Å². The molecule has 0 saturated carbocycles. The second kappa shape index (κ2) is 1.97. The molecule has 1 rings (SSSR count). The molecule has 0 amide bonds. The first-order chi connectivity index (χ1) is 3.43. The second-order valence-corrected chi connectivity index (χ2v) is 1.24. The molecule has 0 atom stereocenters.